The van der Waals surface area contributed by atoms with Crippen molar-refractivity contribution in [2.24, 2.45) is 0 Å². The first-order valence-corrected chi connectivity index (χ1v) is 5.46. The molecule has 0 saturated heterocycles. The SMILES string of the molecule is C#CC(C)(C)NCc1cccc(OC)c1OC. The van der Waals surface area contributed by atoms with Crippen molar-refractivity contribution in [1.82, 2.24) is 5.32 Å². The molecule has 17 heavy (non-hydrogen) atoms. The van der Waals surface area contributed by atoms with E-state index in [1.54, 1.807) is 14.2 Å². The summed E-state index contributed by atoms with van der Waals surface area (Å²) in [5, 5.41) is 3.28. The highest BCUT2D eigenvalue weighted by Crippen LogP contribution is 2.30. The van der Waals surface area contributed by atoms with Crippen LogP contribution >= 0.6 is 0 Å². The Kier molecular flexibility index (Phi) is 4.42. The zero-order valence-electron chi connectivity index (χ0n) is 10.8. The molecule has 1 aromatic carbocycles. The minimum Gasteiger partial charge on any atom is -0.493 e. The largest absolute Gasteiger partial charge is 0.493 e. The third-order valence-electron chi connectivity index (χ3n) is 2.57. The van der Waals surface area contributed by atoms with E-state index < -0.39 is 0 Å². The fraction of sp³-hybridized carbons (Fsp3) is 0.429. The normalized spacial score (nSPS) is 10.8. The van der Waals surface area contributed by atoms with Gasteiger partial charge in [-0.25, -0.2) is 0 Å². The third kappa shape index (κ3) is 3.40. The highest BCUT2D eigenvalue weighted by molar-refractivity contribution is 5.46. The number of hydrogen-bond donors (Lipinski definition) is 1. The van der Waals surface area contributed by atoms with Crippen LogP contribution < -0.4 is 14.8 Å². The summed E-state index contributed by atoms with van der Waals surface area (Å²) in [4.78, 5) is 0. The predicted octanol–water partition coefficient (Wildman–Crippen LogP) is 2.21. The Morgan fingerprint density at radius 1 is 1.29 bits per heavy atom. The number of hydrogen-bond acceptors (Lipinski definition) is 3. The van der Waals surface area contributed by atoms with Gasteiger partial charge in [-0.3, -0.25) is 5.32 Å². The molecule has 0 amide bonds. The van der Waals surface area contributed by atoms with Gasteiger partial charge in [-0.05, 0) is 19.9 Å². The zero-order valence-corrected chi connectivity index (χ0v) is 10.8. The summed E-state index contributed by atoms with van der Waals surface area (Å²) < 4.78 is 10.6. The molecule has 0 atom stereocenters. The summed E-state index contributed by atoms with van der Waals surface area (Å²) in [5.41, 5.74) is 0.684. The Labute approximate surface area is 103 Å². The smallest absolute Gasteiger partial charge is 0.165 e. The molecule has 3 nitrogen and oxygen atoms in total. The highest BCUT2D eigenvalue weighted by Gasteiger charge is 2.15. The minimum atomic E-state index is -0.339. The summed E-state index contributed by atoms with van der Waals surface area (Å²) in [6.45, 7) is 4.55. The maximum absolute atomic E-state index is 5.43. The average Bonchev–Trinajstić information content (AvgIpc) is 2.35. The van der Waals surface area contributed by atoms with Crippen molar-refractivity contribution in [1.29, 1.82) is 0 Å². The summed E-state index contributed by atoms with van der Waals surface area (Å²) >= 11 is 0. The van der Waals surface area contributed by atoms with Crippen molar-refractivity contribution in [2.45, 2.75) is 25.9 Å². The third-order valence-corrected chi connectivity index (χ3v) is 2.57. The maximum atomic E-state index is 5.43. The zero-order chi connectivity index (χ0) is 12.9. The van der Waals surface area contributed by atoms with Gasteiger partial charge in [-0.1, -0.05) is 18.1 Å². The molecule has 92 valence electrons. The lowest BCUT2D eigenvalue weighted by atomic mass is 10.1. The molecule has 0 fully saturated rings. The van der Waals surface area contributed by atoms with Gasteiger partial charge in [-0.15, -0.1) is 6.42 Å². The van der Waals surface area contributed by atoms with Crippen LogP contribution in [0, 0.1) is 12.3 Å². The molecule has 0 aliphatic rings. The summed E-state index contributed by atoms with van der Waals surface area (Å²) in [7, 11) is 3.26. The van der Waals surface area contributed by atoms with Crippen LogP contribution in [-0.2, 0) is 6.54 Å². The first-order chi connectivity index (χ1) is 8.04. The minimum absolute atomic E-state index is 0.339. The van der Waals surface area contributed by atoms with Gasteiger partial charge in [0, 0.05) is 12.1 Å². The van der Waals surface area contributed by atoms with Gasteiger partial charge in [0.05, 0.1) is 19.8 Å². The lowest BCUT2D eigenvalue weighted by molar-refractivity contribution is 0.349. The monoisotopic (exact) mass is 233 g/mol. The van der Waals surface area contributed by atoms with Gasteiger partial charge in [0.25, 0.3) is 0 Å². The van der Waals surface area contributed by atoms with E-state index in [4.69, 9.17) is 15.9 Å². The maximum Gasteiger partial charge on any atom is 0.165 e. The van der Waals surface area contributed by atoms with Crippen molar-refractivity contribution in [3.63, 3.8) is 0 Å². The first kappa shape index (κ1) is 13.4. The molecule has 0 spiro atoms. The molecular weight excluding hydrogens is 214 g/mol. The van der Waals surface area contributed by atoms with Gasteiger partial charge in [0.1, 0.15) is 0 Å². The van der Waals surface area contributed by atoms with Gasteiger partial charge >= 0.3 is 0 Å². The van der Waals surface area contributed by atoms with Crippen molar-refractivity contribution < 1.29 is 9.47 Å². The molecule has 1 rings (SSSR count). The quantitative estimate of drug-likeness (QED) is 0.791. The van der Waals surface area contributed by atoms with Crippen molar-refractivity contribution >= 4 is 0 Å². The van der Waals surface area contributed by atoms with E-state index in [1.807, 2.05) is 32.0 Å². The summed E-state index contributed by atoms with van der Waals surface area (Å²) in [6.07, 6.45) is 5.43. The van der Waals surface area contributed by atoms with Crippen LogP contribution in [0.4, 0.5) is 0 Å². The van der Waals surface area contributed by atoms with Gasteiger partial charge in [-0.2, -0.15) is 0 Å². The van der Waals surface area contributed by atoms with Crippen molar-refractivity contribution in [2.75, 3.05) is 14.2 Å². The van der Waals surface area contributed by atoms with Gasteiger partial charge in [0.15, 0.2) is 11.5 Å². The van der Waals surface area contributed by atoms with E-state index in [0.29, 0.717) is 6.54 Å². The highest BCUT2D eigenvalue weighted by atomic mass is 16.5. The Balaban J connectivity index is 2.88. The molecule has 0 unspecified atom stereocenters. The Bertz CT molecular complexity index is 419. The van der Waals surface area contributed by atoms with E-state index in [1.165, 1.54) is 0 Å². The molecule has 1 aromatic rings. The van der Waals surface area contributed by atoms with E-state index in [-0.39, 0.29) is 5.54 Å². The first-order valence-electron chi connectivity index (χ1n) is 5.46. The van der Waals surface area contributed by atoms with Gasteiger partial charge < -0.3 is 9.47 Å². The molecule has 0 bridgehead atoms. The number of nitrogens with one attached hydrogen (secondary N) is 1. The standard InChI is InChI=1S/C14H19NO2/c1-6-14(2,3)15-10-11-8-7-9-12(16-4)13(11)17-5/h1,7-9,15H,10H2,2-5H3. The second-order valence-electron chi connectivity index (χ2n) is 4.28. The number of terminal acetylenes is 1. The molecule has 3 heteroatoms. The van der Waals surface area contributed by atoms with E-state index in [9.17, 15) is 0 Å². The molecule has 0 radical (unpaired) electrons. The van der Waals surface area contributed by atoms with E-state index in [2.05, 4.69) is 11.2 Å². The fourth-order valence-electron chi connectivity index (χ4n) is 1.46. The molecule has 0 saturated carbocycles. The Morgan fingerprint density at radius 2 is 2.00 bits per heavy atom. The number of benzene rings is 1. The number of ether oxygens (including phenoxy) is 2. The van der Waals surface area contributed by atoms with Crippen LogP contribution in [0.1, 0.15) is 19.4 Å². The number of rotatable bonds is 5. The molecule has 0 heterocycles. The van der Waals surface area contributed by atoms with Crippen LogP contribution in [0.2, 0.25) is 0 Å². The van der Waals surface area contributed by atoms with Crippen LogP contribution in [0.5, 0.6) is 11.5 Å². The Morgan fingerprint density at radius 3 is 2.53 bits per heavy atom. The lowest BCUT2D eigenvalue weighted by Gasteiger charge is -2.21. The molecule has 0 aliphatic heterocycles. The molecule has 0 aromatic heterocycles. The van der Waals surface area contributed by atoms with E-state index >= 15 is 0 Å². The number of para-hydroxylation sites is 1. The Hall–Kier alpha value is -1.66. The average molecular weight is 233 g/mol. The van der Waals surface area contributed by atoms with Crippen LogP contribution in [0.3, 0.4) is 0 Å². The van der Waals surface area contributed by atoms with Crippen LogP contribution in [0.25, 0.3) is 0 Å². The fourth-order valence-corrected chi connectivity index (χ4v) is 1.46. The number of methoxy groups -OCH3 is 2. The molecule has 1 N–H and O–H groups in total. The topological polar surface area (TPSA) is 30.5 Å². The van der Waals surface area contributed by atoms with Crippen LogP contribution in [-0.4, -0.2) is 19.8 Å². The second kappa shape index (κ2) is 5.60. The van der Waals surface area contributed by atoms with Gasteiger partial charge in [0.2, 0.25) is 0 Å². The van der Waals surface area contributed by atoms with Crippen LogP contribution in [0.15, 0.2) is 18.2 Å². The molecule has 0 aliphatic carbocycles. The predicted molar refractivity (Wildman–Crippen MR) is 69.3 cm³/mol. The second-order valence-corrected chi connectivity index (χ2v) is 4.28. The summed E-state index contributed by atoms with van der Waals surface area (Å²) in [5.74, 6) is 4.17. The summed E-state index contributed by atoms with van der Waals surface area (Å²) in [6, 6.07) is 5.79. The van der Waals surface area contributed by atoms with Crippen molar-refractivity contribution in [3.05, 3.63) is 23.8 Å². The molecular formula is C14H19NO2. The van der Waals surface area contributed by atoms with E-state index in [0.717, 1.165) is 17.1 Å². The lowest BCUT2D eigenvalue weighted by Crippen LogP contribution is -2.37. The van der Waals surface area contributed by atoms with Crippen molar-refractivity contribution in [3.8, 4) is 23.8 Å².